The van der Waals surface area contributed by atoms with Gasteiger partial charge in [-0.25, -0.2) is 0 Å². The second-order valence-corrected chi connectivity index (χ2v) is 11.4. The van der Waals surface area contributed by atoms with Gasteiger partial charge in [0.05, 0.1) is 5.56 Å². The number of alkyl halides is 3. The quantitative estimate of drug-likeness (QED) is 0.495. The molecule has 0 spiro atoms. The maximum atomic E-state index is 13.2. The first-order chi connectivity index (χ1) is 17.4. The molecule has 2 aromatic rings. The largest absolute Gasteiger partial charge is 0.416 e. The highest BCUT2D eigenvalue weighted by atomic mass is 19.4. The summed E-state index contributed by atoms with van der Waals surface area (Å²) in [7, 11) is 0. The molecule has 2 aromatic carbocycles. The van der Waals surface area contributed by atoms with E-state index in [-0.39, 0.29) is 11.8 Å². The third-order valence-electron chi connectivity index (χ3n) is 9.48. The molecule has 4 aliphatic rings. The van der Waals surface area contributed by atoms with Crippen molar-refractivity contribution in [3.63, 3.8) is 0 Å². The lowest BCUT2D eigenvalue weighted by Gasteiger charge is -2.36. The second-order valence-electron chi connectivity index (χ2n) is 11.4. The van der Waals surface area contributed by atoms with E-state index in [1.807, 2.05) is 4.90 Å². The Balaban J connectivity index is 0.968. The minimum Gasteiger partial charge on any atom is -0.342 e. The van der Waals surface area contributed by atoms with Crippen molar-refractivity contribution in [3.8, 4) is 0 Å². The molecular weight excluding hydrogens is 461 g/mol. The minimum absolute atomic E-state index is 0.0940. The van der Waals surface area contributed by atoms with Crippen LogP contribution in [0, 0.1) is 17.8 Å². The number of carbonyl (C=O) groups excluding carboxylic acids is 1. The highest BCUT2D eigenvalue weighted by molar-refractivity contribution is 5.83. The maximum Gasteiger partial charge on any atom is 0.416 e. The highest BCUT2D eigenvalue weighted by Crippen LogP contribution is 2.54. The molecule has 0 N–H and O–H groups in total. The van der Waals surface area contributed by atoms with Crippen LogP contribution in [0.1, 0.15) is 67.1 Å². The van der Waals surface area contributed by atoms with Crippen LogP contribution in [0.4, 0.5) is 13.2 Å². The Kier molecular flexibility index (Phi) is 6.35. The summed E-state index contributed by atoms with van der Waals surface area (Å²) in [6.45, 7) is 3.43. The molecular formula is C30H35F3N2O. The first kappa shape index (κ1) is 24.0. The number of halogens is 3. The Labute approximate surface area is 211 Å². The van der Waals surface area contributed by atoms with Crippen LogP contribution < -0.4 is 0 Å². The van der Waals surface area contributed by atoms with Gasteiger partial charge in [0.15, 0.2) is 0 Å². The zero-order valence-electron chi connectivity index (χ0n) is 20.7. The van der Waals surface area contributed by atoms with Crippen molar-refractivity contribution in [1.29, 1.82) is 0 Å². The Hall–Kier alpha value is -2.34. The van der Waals surface area contributed by atoms with Crippen molar-refractivity contribution in [3.05, 3.63) is 71.3 Å². The molecule has 2 saturated heterocycles. The Morgan fingerprint density at radius 2 is 1.36 bits per heavy atom. The number of rotatable bonds is 4. The molecule has 0 radical (unpaired) electrons. The van der Waals surface area contributed by atoms with E-state index in [1.165, 1.54) is 43.4 Å². The maximum absolute atomic E-state index is 13.2. The molecule has 2 saturated carbocycles. The number of fused-ring (bicyclic) bond motifs is 1. The molecule has 6 heteroatoms. The van der Waals surface area contributed by atoms with Crippen molar-refractivity contribution in [2.24, 2.45) is 17.8 Å². The number of hydrogen-bond donors (Lipinski definition) is 0. The van der Waals surface area contributed by atoms with Crippen molar-refractivity contribution >= 4 is 5.91 Å². The lowest BCUT2D eigenvalue weighted by atomic mass is 9.81. The third-order valence-corrected chi connectivity index (χ3v) is 9.48. The zero-order chi connectivity index (χ0) is 24.9. The topological polar surface area (TPSA) is 23.6 Å². The minimum atomic E-state index is -4.31. The van der Waals surface area contributed by atoms with Crippen LogP contribution in [0.15, 0.2) is 54.6 Å². The van der Waals surface area contributed by atoms with Crippen LogP contribution in [-0.2, 0) is 11.0 Å². The molecule has 1 unspecified atom stereocenters. The summed E-state index contributed by atoms with van der Waals surface area (Å²) in [5.41, 5.74) is 1.64. The van der Waals surface area contributed by atoms with Gasteiger partial charge in [0.1, 0.15) is 0 Å². The summed E-state index contributed by atoms with van der Waals surface area (Å²) in [6, 6.07) is 17.3. The van der Waals surface area contributed by atoms with E-state index in [0.717, 1.165) is 37.6 Å². The van der Waals surface area contributed by atoms with Gasteiger partial charge < -0.3 is 4.90 Å². The number of amides is 1. The lowest BCUT2D eigenvalue weighted by Crippen LogP contribution is -2.42. The van der Waals surface area contributed by atoms with Crippen molar-refractivity contribution in [1.82, 2.24) is 9.80 Å². The van der Waals surface area contributed by atoms with Gasteiger partial charge in [-0.05, 0) is 79.4 Å². The average Bonchev–Trinajstić information content (AvgIpc) is 3.41. The van der Waals surface area contributed by atoms with Crippen LogP contribution in [0.2, 0.25) is 0 Å². The summed E-state index contributed by atoms with van der Waals surface area (Å²) in [5.74, 6) is 2.26. The first-order valence-electron chi connectivity index (χ1n) is 13.6. The fraction of sp³-hybridized carbons (Fsp3) is 0.567. The predicted molar refractivity (Wildman–Crippen MR) is 133 cm³/mol. The van der Waals surface area contributed by atoms with E-state index in [2.05, 4.69) is 35.2 Å². The molecule has 2 aliphatic heterocycles. The van der Waals surface area contributed by atoms with E-state index in [9.17, 15) is 18.0 Å². The van der Waals surface area contributed by atoms with Crippen molar-refractivity contribution < 1.29 is 18.0 Å². The number of hydrogen-bond acceptors (Lipinski definition) is 2. The molecule has 3 nitrogen and oxygen atoms in total. The number of piperidine rings is 2. The Morgan fingerprint density at radius 1 is 0.750 bits per heavy atom. The number of likely N-dealkylation sites (tertiary alicyclic amines) is 2. The molecule has 0 aromatic heterocycles. The SMILES string of the molecule is O=C(C1[C@H]2CN(C3CCC(c4ccccc4)CC3)C[C@@H]12)N1CCC(c2cccc(C(F)(F)F)c2)CC1. The van der Waals surface area contributed by atoms with Crippen LogP contribution in [0.3, 0.4) is 0 Å². The second kappa shape index (κ2) is 9.51. The van der Waals surface area contributed by atoms with Crippen LogP contribution in [-0.4, -0.2) is 47.9 Å². The van der Waals surface area contributed by atoms with E-state index >= 15 is 0 Å². The van der Waals surface area contributed by atoms with Crippen molar-refractivity contribution in [2.75, 3.05) is 26.2 Å². The van der Waals surface area contributed by atoms with Crippen LogP contribution >= 0.6 is 0 Å². The molecule has 36 heavy (non-hydrogen) atoms. The normalized spacial score (nSPS) is 31.3. The van der Waals surface area contributed by atoms with Gasteiger partial charge in [0, 0.05) is 38.1 Å². The molecule has 1 amide bonds. The zero-order valence-corrected chi connectivity index (χ0v) is 20.7. The van der Waals surface area contributed by atoms with E-state index in [1.54, 1.807) is 6.07 Å². The van der Waals surface area contributed by atoms with Gasteiger partial charge in [0.2, 0.25) is 5.91 Å². The van der Waals surface area contributed by atoms with Crippen molar-refractivity contribution in [2.45, 2.75) is 62.6 Å². The molecule has 4 fully saturated rings. The van der Waals surface area contributed by atoms with Gasteiger partial charge in [0.25, 0.3) is 0 Å². The number of nitrogens with zero attached hydrogens (tertiary/aromatic N) is 2. The van der Waals surface area contributed by atoms with Gasteiger partial charge >= 0.3 is 6.18 Å². The molecule has 0 bridgehead atoms. The summed E-state index contributed by atoms with van der Waals surface area (Å²) >= 11 is 0. The van der Waals surface area contributed by atoms with Gasteiger partial charge in [-0.2, -0.15) is 13.2 Å². The Morgan fingerprint density at radius 3 is 2.00 bits per heavy atom. The number of carbonyl (C=O) groups is 1. The van der Waals surface area contributed by atoms with E-state index in [0.29, 0.717) is 42.8 Å². The number of benzene rings is 2. The monoisotopic (exact) mass is 496 g/mol. The predicted octanol–water partition coefficient (Wildman–Crippen LogP) is 6.32. The fourth-order valence-corrected chi connectivity index (χ4v) is 7.34. The van der Waals surface area contributed by atoms with Gasteiger partial charge in [-0.1, -0.05) is 48.5 Å². The molecule has 6 rings (SSSR count). The van der Waals surface area contributed by atoms with E-state index < -0.39 is 11.7 Å². The standard InChI is InChI=1S/C30H35F3N2O/c31-30(32,33)24-8-4-7-23(17-24)22-13-15-34(16-14-22)29(36)28-26-18-35(19-27(26)28)25-11-9-21(10-12-25)20-5-2-1-3-6-20/h1-8,17,21-22,25-28H,9-16,18-19H2/t21?,25?,26-,27+,28?. The van der Waals surface area contributed by atoms with Crippen LogP contribution in [0.5, 0.6) is 0 Å². The Bertz CT molecular complexity index is 1060. The summed E-state index contributed by atoms with van der Waals surface area (Å²) < 4.78 is 39.3. The third kappa shape index (κ3) is 4.69. The summed E-state index contributed by atoms with van der Waals surface area (Å²) in [5, 5.41) is 0. The highest BCUT2D eigenvalue weighted by Gasteiger charge is 2.60. The smallest absolute Gasteiger partial charge is 0.342 e. The van der Waals surface area contributed by atoms with Gasteiger partial charge in [-0.3, -0.25) is 9.69 Å². The van der Waals surface area contributed by atoms with E-state index in [4.69, 9.17) is 0 Å². The molecule has 192 valence electrons. The average molecular weight is 497 g/mol. The molecule has 3 atom stereocenters. The summed E-state index contributed by atoms with van der Waals surface area (Å²) in [6.07, 6.45) is 2.18. The fourth-order valence-electron chi connectivity index (χ4n) is 7.34. The molecule has 2 heterocycles. The van der Waals surface area contributed by atoms with Crippen LogP contribution in [0.25, 0.3) is 0 Å². The first-order valence-corrected chi connectivity index (χ1v) is 13.6. The molecule has 2 aliphatic carbocycles. The van der Waals surface area contributed by atoms with Gasteiger partial charge in [-0.15, -0.1) is 0 Å². The summed E-state index contributed by atoms with van der Waals surface area (Å²) in [4.78, 5) is 17.9. The lowest BCUT2D eigenvalue weighted by molar-refractivity contribution is -0.137.